The average molecular weight is 212 g/mol. The van der Waals surface area contributed by atoms with Crippen molar-refractivity contribution in [2.24, 2.45) is 0 Å². The highest BCUT2D eigenvalue weighted by Gasteiger charge is 2.00. The van der Waals surface area contributed by atoms with E-state index >= 15 is 0 Å². The minimum absolute atomic E-state index is 0.116. The van der Waals surface area contributed by atoms with E-state index in [0.29, 0.717) is 5.69 Å². The Bertz CT molecular complexity index is 382. The number of ether oxygens (including phenoxy) is 1. The van der Waals surface area contributed by atoms with Crippen molar-refractivity contribution in [2.45, 2.75) is 0 Å². The van der Waals surface area contributed by atoms with E-state index < -0.39 is 11.9 Å². The normalized spacial score (nSPS) is 10.4. The molecule has 0 aliphatic heterocycles. The Hall–Kier alpha value is -1.69. The summed E-state index contributed by atoms with van der Waals surface area (Å²) >= 11 is 0.940. The first-order valence-corrected chi connectivity index (χ1v) is 4.44. The van der Waals surface area contributed by atoms with E-state index in [9.17, 15) is 14.7 Å². The summed E-state index contributed by atoms with van der Waals surface area (Å²) in [5.74, 6) is -1.85. The molecule has 0 saturated heterocycles. The molecule has 0 aromatic carbocycles. The maximum absolute atomic E-state index is 10.7. The van der Waals surface area contributed by atoms with E-state index in [1.54, 1.807) is 0 Å². The lowest BCUT2D eigenvalue weighted by Crippen LogP contribution is -2.21. The first-order valence-electron chi connectivity index (χ1n) is 3.56. The standard InChI is InChI=1S/C8H7NO4S/c1-13-6(10)3-2-5-4-14-7(9-5)8(11)12/h2-4H,1H3,(H,11,12)/p-1. The van der Waals surface area contributed by atoms with Crippen LogP contribution in [-0.4, -0.2) is 24.0 Å². The highest BCUT2D eigenvalue weighted by Crippen LogP contribution is 2.09. The summed E-state index contributed by atoms with van der Waals surface area (Å²) in [6, 6.07) is 0. The molecule has 0 aliphatic rings. The number of aromatic nitrogens is 1. The number of hydrogen-bond donors (Lipinski definition) is 0. The van der Waals surface area contributed by atoms with Crippen LogP contribution in [0.25, 0.3) is 6.08 Å². The van der Waals surface area contributed by atoms with Crippen molar-refractivity contribution < 1.29 is 19.4 Å². The summed E-state index contributed by atoms with van der Waals surface area (Å²) in [6.45, 7) is 0. The lowest BCUT2D eigenvalue weighted by atomic mass is 10.4. The van der Waals surface area contributed by atoms with Gasteiger partial charge in [-0.1, -0.05) is 0 Å². The Morgan fingerprint density at radius 3 is 2.86 bits per heavy atom. The zero-order valence-electron chi connectivity index (χ0n) is 7.22. The molecule has 0 bridgehead atoms. The summed E-state index contributed by atoms with van der Waals surface area (Å²) < 4.78 is 4.35. The van der Waals surface area contributed by atoms with E-state index in [1.807, 2.05) is 0 Å². The molecular formula is C8H6NO4S-. The van der Waals surface area contributed by atoms with E-state index in [-0.39, 0.29) is 5.01 Å². The van der Waals surface area contributed by atoms with Crippen molar-refractivity contribution in [2.75, 3.05) is 7.11 Å². The van der Waals surface area contributed by atoms with E-state index in [1.165, 1.54) is 18.6 Å². The fourth-order valence-corrected chi connectivity index (χ4v) is 1.30. The van der Waals surface area contributed by atoms with Gasteiger partial charge in [0.15, 0.2) is 0 Å². The van der Waals surface area contributed by atoms with Gasteiger partial charge in [0.2, 0.25) is 0 Å². The van der Waals surface area contributed by atoms with Crippen molar-refractivity contribution >= 4 is 29.4 Å². The number of carbonyl (C=O) groups is 2. The average Bonchev–Trinajstić information content (AvgIpc) is 2.62. The highest BCUT2D eigenvalue weighted by molar-refractivity contribution is 7.11. The molecule has 0 amide bonds. The zero-order chi connectivity index (χ0) is 10.6. The third kappa shape index (κ3) is 2.67. The monoisotopic (exact) mass is 212 g/mol. The molecule has 0 unspecified atom stereocenters. The van der Waals surface area contributed by atoms with Gasteiger partial charge in [0.25, 0.3) is 0 Å². The molecule has 0 atom stereocenters. The minimum atomic E-state index is -1.33. The van der Waals surface area contributed by atoms with Crippen molar-refractivity contribution in [3.8, 4) is 0 Å². The first kappa shape index (κ1) is 10.4. The molecule has 0 radical (unpaired) electrons. The van der Waals surface area contributed by atoms with Crippen molar-refractivity contribution in [3.63, 3.8) is 0 Å². The second-order valence-corrected chi connectivity index (χ2v) is 3.08. The Labute approximate surface area is 83.7 Å². The van der Waals surface area contributed by atoms with Gasteiger partial charge < -0.3 is 14.6 Å². The molecule has 0 fully saturated rings. The predicted molar refractivity (Wildman–Crippen MR) is 47.5 cm³/mol. The van der Waals surface area contributed by atoms with Crippen LogP contribution < -0.4 is 5.11 Å². The molecule has 1 heterocycles. The number of aromatic carboxylic acids is 1. The van der Waals surface area contributed by atoms with Gasteiger partial charge in [-0.25, -0.2) is 9.78 Å². The van der Waals surface area contributed by atoms with Crippen LogP contribution in [0.4, 0.5) is 0 Å². The fourth-order valence-electron chi connectivity index (χ4n) is 0.678. The van der Waals surface area contributed by atoms with Gasteiger partial charge in [-0.3, -0.25) is 0 Å². The van der Waals surface area contributed by atoms with Crippen LogP contribution in [0.5, 0.6) is 0 Å². The Morgan fingerprint density at radius 1 is 1.64 bits per heavy atom. The third-order valence-corrected chi connectivity index (χ3v) is 2.13. The lowest BCUT2D eigenvalue weighted by molar-refractivity contribution is -0.255. The van der Waals surface area contributed by atoms with E-state index in [0.717, 1.165) is 17.4 Å². The second-order valence-electron chi connectivity index (χ2n) is 2.22. The summed E-state index contributed by atoms with van der Waals surface area (Å²) in [5.41, 5.74) is 0.389. The number of carboxylic acids is 1. The quantitative estimate of drug-likeness (QED) is 0.507. The molecule has 0 spiro atoms. The summed E-state index contributed by atoms with van der Waals surface area (Å²) in [4.78, 5) is 24.7. The molecular weight excluding hydrogens is 206 g/mol. The van der Waals surface area contributed by atoms with Crippen LogP contribution in [0.3, 0.4) is 0 Å². The molecule has 0 N–H and O–H groups in total. The summed E-state index contributed by atoms with van der Waals surface area (Å²) in [5, 5.41) is 11.7. The molecule has 0 saturated carbocycles. The number of carbonyl (C=O) groups excluding carboxylic acids is 2. The van der Waals surface area contributed by atoms with Crippen LogP contribution in [0.1, 0.15) is 15.5 Å². The van der Waals surface area contributed by atoms with E-state index in [2.05, 4.69) is 9.72 Å². The third-order valence-electron chi connectivity index (χ3n) is 1.29. The maximum Gasteiger partial charge on any atom is 0.330 e. The molecule has 5 nitrogen and oxygen atoms in total. The largest absolute Gasteiger partial charge is 0.542 e. The van der Waals surface area contributed by atoms with Gasteiger partial charge in [-0.2, -0.15) is 0 Å². The van der Waals surface area contributed by atoms with Crippen LogP contribution in [0.15, 0.2) is 11.5 Å². The van der Waals surface area contributed by atoms with Gasteiger partial charge >= 0.3 is 5.97 Å². The Morgan fingerprint density at radius 2 is 2.36 bits per heavy atom. The number of thiazole rings is 1. The lowest BCUT2D eigenvalue weighted by Gasteiger charge is -1.91. The van der Waals surface area contributed by atoms with Crippen molar-refractivity contribution in [3.05, 3.63) is 22.2 Å². The predicted octanol–water partition coefficient (Wildman–Crippen LogP) is -0.307. The highest BCUT2D eigenvalue weighted by atomic mass is 32.1. The van der Waals surface area contributed by atoms with Crippen LogP contribution in [0, 0.1) is 0 Å². The number of carboxylic acid groups (broad SMARTS) is 1. The van der Waals surface area contributed by atoms with Crippen LogP contribution in [-0.2, 0) is 9.53 Å². The van der Waals surface area contributed by atoms with Gasteiger partial charge in [0.05, 0.1) is 12.8 Å². The van der Waals surface area contributed by atoms with Crippen LogP contribution >= 0.6 is 11.3 Å². The topological polar surface area (TPSA) is 79.3 Å². The fraction of sp³-hybridized carbons (Fsp3) is 0.125. The van der Waals surface area contributed by atoms with Gasteiger partial charge in [-0.15, -0.1) is 11.3 Å². The Balaban J connectivity index is 2.73. The number of nitrogens with zero attached hydrogens (tertiary/aromatic N) is 1. The molecule has 1 rings (SSSR count). The summed E-state index contributed by atoms with van der Waals surface area (Å²) in [7, 11) is 1.25. The molecule has 74 valence electrons. The minimum Gasteiger partial charge on any atom is -0.542 e. The maximum atomic E-state index is 10.7. The van der Waals surface area contributed by atoms with E-state index in [4.69, 9.17) is 0 Å². The van der Waals surface area contributed by atoms with Gasteiger partial charge in [0, 0.05) is 11.5 Å². The molecule has 1 aromatic heterocycles. The zero-order valence-corrected chi connectivity index (χ0v) is 8.04. The second kappa shape index (κ2) is 4.52. The number of esters is 1. The first-order chi connectivity index (χ1) is 6.63. The van der Waals surface area contributed by atoms with Gasteiger partial charge in [0.1, 0.15) is 11.0 Å². The van der Waals surface area contributed by atoms with Crippen molar-refractivity contribution in [1.82, 2.24) is 4.98 Å². The Kier molecular flexibility index (Phi) is 3.35. The SMILES string of the molecule is COC(=O)C=Cc1csc(C(=O)[O-])n1. The van der Waals surface area contributed by atoms with Crippen molar-refractivity contribution in [1.29, 1.82) is 0 Å². The molecule has 1 aromatic rings. The number of rotatable bonds is 3. The summed E-state index contributed by atoms with van der Waals surface area (Å²) in [6.07, 6.45) is 2.53. The smallest absolute Gasteiger partial charge is 0.330 e. The molecule has 14 heavy (non-hydrogen) atoms. The molecule has 0 aliphatic carbocycles. The number of hydrogen-bond acceptors (Lipinski definition) is 6. The van der Waals surface area contributed by atoms with Gasteiger partial charge in [-0.05, 0) is 6.08 Å². The van der Waals surface area contributed by atoms with Crippen LogP contribution in [0.2, 0.25) is 0 Å². The molecule has 6 heteroatoms. The number of methoxy groups -OCH3 is 1.